The smallest absolute Gasteiger partial charge is 0.0409 e. The van der Waals surface area contributed by atoms with E-state index in [1.807, 2.05) is 6.20 Å². The number of halogens is 1. The fourth-order valence-electron chi connectivity index (χ4n) is 0.899. The standard InChI is InChI=1S/C9H14ClNS/c1-9(2,7-10)5-3-8-4-6-11-12-8/h4,6H,3,5,7H2,1-2H3. The molecular weight excluding hydrogens is 190 g/mol. The summed E-state index contributed by atoms with van der Waals surface area (Å²) in [6.45, 7) is 4.39. The zero-order valence-corrected chi connectivity index (χ0v) is 9.08. The van der Waals surface area contributed by atoms with Gasteiger partial charge in [-0.15, -0.1) is 11.6 Å². The number of alkyl halides is 1. The maximum absolute atomic E-state index is 5.82. The molecule has 0 unspecified atom stereocenters. The Hall–Kier alpha value is -0.0800. The van der Waals surface area contributed by atoms with Gasteiger partial charge < -0.3 is 0 Å². The van der Waals surface area contributed by atoms with Gasteiger partial charge in [-0.05, 0) is 35.9 Å². The van der Waals surface area contributed by atoms with Crippen LogP contribution in [0.15, 0.2) is 12.3 Å². The Kier molecular flexibility index (Phi) is 3.53. The van der Waals surface area contributed by atoms with Gasteiger partial charge in [-0.2, -0.15) is 0 Å². The van der Waals surface area contributed by atoms with Crippen LogP contribution in [0.2, 0.25) is 0 Å². The first kappa shape index (κ1) is 10.0. The Balaban J connectivity index is 2.36. The lowest BCUT2D eigenvalue weighted by Crippen LogP contribution is -2.13. The number of aromatic nitrogens is 1. The molecule has 0 radical (unpaired) electrons. The Labute approximate surface area is 82.9 Å². The van der Waals surface area contributed by atoms with E-state index in [0.717, 1.165) is 18.7 Å². The molecule has 0 N–H and O–H groups in total. The van der Waals surface area contributed by atoms with Gasteiger partial charge in [0.25, 0.3) is 0 Å². The van der Waals surface area contributed by atoms with Gasteiger partial charge in [-0.1, -0.05) is 13.8 Å². The molecule has 0 aliphatic rings. The van der Waals surface area contributed by atoms with Gasteiger partial charge in [-0.3, -0.25) is 0 Å². The van der Waals surface area contributed by atoms with E-state index in [1.165, 1.54) is 4.88 Å². The molecule has 0 bridgehead atoms. The normalized spacial score (nSPS) is 11.9. The van der Waals surface area contributed by atoms with Gasteiger partial charge in [0.1, 0.15) is 0 Å². The van der Waals surface area contributed by atoms with E-state index in [-0.39, 0.29) is 5.41 Å². The Morgan fingerprint density at radius 3 is 2.83 bits per heavy atom. The third-order valence-electron chi connectivity index (χ3n) is 1.90. The topological polar surface area (TPSA) is 12.9 Å². The predicted molar refractivity (Wildman–Crippen MR) is 54.9 cm³/mol. The largest absolute Gasteiger partial charge is 0.201 e. The van der Waals surface area contributed by atoms with E-state index in [0.29, 0.717) is 0 Å². The van der Waals surface area contributed by atoms with Gasteiger partial charge in [0.05, 0.1) is 0 Å². The van der Waals surface area contributed by atoms with Crippen molar-refractivity contribution in [2.75, 3.05) is 5.88 Å². The Bertz CT molecular complexity index is 218. The van der Waals surface area contributed by atoms with Crippen molar-refractivity contribution in [2.45, 2.75) is 26.7 Å². The third-order valence-corrected chi connectivity index (χ3v) is 3.43. The molecular formula is C9H14ClNS. The van der Waals surface area contributed by atoms with E-state index in [9.17, 15) is 0 Å². The number of hydrogen-bond acceptors (Lipinski definition) is 2. The second kappa shape index (κ2) is 4.24. The van der Waals surface area contributed by atoms with Crippen LogP contribution in [0.4, 0.5) is 0 Å². The van der Waals surface area contributed by atoms with Crippen LogP contribution in [0.1, 0.15) is 25.1 Å². The van der Waals surface area contributed by atoms with Crippen LogP contribution in [0.5, 0.6) is 0 Å². The summed E-state index contributed by atoms with van der Waals surface area (Å²) in [5, 5.41) is 0. The van der Waals surface area contributed by atoms with Gasteiger partial charge in [0, 0.05) is 17.0 Å². The van der Waals surface area contributed by atoms with Crippen molar-refractivity contribution in [3.8, 4) is 0 Å². The fraction of sp³-hybridized carbons (Fsp3) is 0.667. The van der Waals surface area contributed by atoms with Crippen LogP contribution in [0, 0.1) is 5.41 Å². The van der Waals surface area contributed by atoms with Crippen molar-refractivity contribution in [1.82, 2.24) is 4.37 Å². The molecule has 0 saturated heterocycles. The zero-order chi connectivity index (χ0) is 9.03. The summed E-state index contributed by atoms with van der Waals surface area (Å²) in [6, 6.07) is 2.08. The van der Waals surface area contributed by atoms with Crippen molar-refractivity contribution < 1.29 is 0 Å². The van der Waals surface area contributed by atoms with Crippen molar-refractivity contribution >= 4 is 23.1 Å². The minimum atomic E-state index is 0.256. The van der Waals surface area contributed by atoms with Crippen LogP contribution in [-0.4, -0.2) is 10.3 Å². The summed E-state index contributed by atoms with van der Waals surface area (Å²) < 4.78 is 4.06. The first-order chi connectivity index (χ1) is 5.64. The number of hydrogen-bond donors (Lipinski definition) is 0. The third kappa shape index (κ3) is 3.11. The second-order valence-corrected chi connectivity index (χ2v) is 4.96. The van der Waals surface area contributed by atoms with Crippen LogP contribution in [-0.2, 0) is 6.42 Å². The summed E-state index contributed by atoms with van der Waals surface area (Å²) in [5.74, 6) is 0.728. The Morgan fingerprint density at radius 2 is 2.33 bits per heavy atom. The highest BCUT2D eigenvalue weighted by atomic mass is 35.5. The number of aryl methyl sites for hydroxylation is 1. The minimum absolute atomic E-state index is 0.256. The molecule has 0 fully saturated rings. The van der Waals surface area contributed by atoms with E-state index in [4.69, 9.17) is 11.6 Å². The maximum atomic E-state index is 5.82. The van der Waals surface area contributed by atoms with Gasteiger partial charge in [-0.25, -0.2) is 4.37 Å². The van der Waals surface area contributed by atoms with Crippen LogP contribution >= 0.6 is 23.1 Å². The number of rotatable bonds is 4. The lowest BCUT2D eigenvalue weighted by molar-refractivity contribution is 0.386. The predicted octanol–water partition coefficient (Wildman–Crippen LogP) is 3.34. The summed E-state index contributed by atoms with van der Waals surface area (Å²) in [7, 11) is 0. The van der Waals surface area contributed by atoms with Crippen molar-refractivity contribution in [3.05, 3.63) is 17.1 Å². The molecule has 0 aliphatic heterocycles. The summed E-state index contributed by atoms with van der Waals surface area (Å²) in [6.07, 6.45) is 4.09. The van der Waals surface area contributed by atoms with E-state index < -0.39 is 0 Å². The average Bonchev–Trinajstić information content (AvgIpc) is 2.53. The van der Waals surface area contributed by atoms with Crippen LogP contribution in [0.25, 0.3) is 0 Å². The highest BCUT2D eigenvalue weighted by Crippen LogP contribution is 2.24. The molecule has 3 heteroatoms. The van der Waals surface area contributed by atoms with Crippen molar-refractivity contribution in [3.63, 3.8) is 0 Å². The van der Waals surface area contributed by atoms with Gasteiger partial charge >= 0.3 is 0 Å². The Morgan fingerprint density at radius 1 is 1.58 bits per heavy atom. The second-order valence-electron chi connectivity index (χ2n) is 3.78. The summed E-state index contributed by atoms with van der Waals surface area (Å²) in [5.41, 5.74) is 0.256. The molecule has 12 heavy (non-hydrogen) atoms. The fourth-order valence-corrected chi connectivity index (χ4v) is 1.61. The quantitative estimate of drug-likeness (QED) is 0.685. The van der Waals surface area contributed by atoms with Crippen molar-refractivity contribution in [2.24, 2.45) is 5.41 Å². The maximum Gasteiger partial charge on any atom is 0.0409 e. The molecule has 1 aromatic rings. The molecule has 1 rings (SSSR count). The molecule has 68 valence electrons. The lowest BCUT2D eigenvalue weighted by atomic mass is 9.90. The molecule has 1 aromatic heterocycles. The highest BCUT2D eigenvalue weighted by Gasteiger charge is 2.16. The first-order valence-corrected chi connectivity index (χ1v) is 5.40. The van der Waals surface area contributed by atoms with Crippen LogP contribution in [0.3, 0.4) is 0 Å². The molecule has 0 aromatic carbocycles. The molecule has 0 spiro atoms. The zero-order valence-electron chi connectivity index (χ0n) is 7.51. The molecule has 0 saturated carbocycles. The first-order valence-electron chi connectivity index (χ1n) is 4.09. The van der Waals surface area contributed by atoms with Gasteiger partial charge in [0.2, 0.25) is 0 Å². The molecule has 1 heterocycles. The highest BCUT2D eigenvalue weighted by molar-refractivity contribution is 7.05. The van der Waals surface area contributed by atoms with E-state index >= 15 is 0 Å². The molecule has 0 amide bonds. The SMILES string of the molecule is CC(C)(CCl)CCc1ccns1. The van der Waals surface area contributed by atoms with E-state index in [1.54, 1.807) is 11.5 Å². The summed E-state index contributed by atoms with van der Waals surface area (Å²) in [4.78, 5) is 1.35. The molecule has 0 aliphatic carbocycles. The monoisotopic (exact) mass is 203 g/mol. The molecule has 0 atom stereocenters. The van der Waals surface area contributed by atoms with E-state index in [2.05, 4.69) is 24.3 Å². The average molecular weight is 204 g/mol. The summed E-state index contributed by atoms with van der Waals surface area (Å²) >= 11 is 7.40. The molecule has 1 nitrogen and oxygen atoms in total. The number of nitrogens with zero attached hydrogens (tertiary/aromatic N) is 1. The lowest BCUT2D eigenvalue weighted by Gasteiger charge is -2.20. The minimum Gasteiger partial charge on any atom is -0.201 e. The van der Waals surface area contributed by atoms with Gasteiger partial charge in [0.15, 0.2) is 0 Å². The van der Waals surface area contributed by atoms with Crippen molar-refractivity contribution in [1.29, 1.82) is 0 Å². The van der Waals surface area contributed by atoms with Crippen LogP contribution < -0.4 is 0 Å².